The highest BCUT2D eigenvalue weighted by molar-refractivity contribution is 6.30. The van der Waals surface area contributed by atoms with Gasteiger partial charge >= 0.3 is 0 Å². The summed E-state index contributed by atoms with van der Waals surface area (Å²) in [6, 6.07) is 9.44. The first-order valence-electron chi connectivity index (χ1n) is 7.90. The van der Waals surface area contributed by atoms with Crippen molar-refractivity contribution in [1.82, 2.24) is 15.3 Å². The van der Waals surface area contributed by atoms with E-state index in [-0.39, 0.29) is 0 Å². The molecule has 0 spiro atoms. The molecule has 2 rings (SSSR count). The Morgan fingerprint density at radius 1 is 1.21 bits per heavy atom. The highest BCUT2D eigenvalue weighted by Gasteiger charge is 2.06. The summed E-state index contributed by atoms with van der Waals surface area (Å²) in [5.41, 5.74) is 1.02. The van der Waals surface area contributed by atoms with Gasteiger partial charge in [0.25, 0.3) is 0 Å². The molecule has 1 N–H and O–H groups in total. The van der Waals surface area contributed by atoms with Crippen LogP contribution in [0.15, 0.2) is 40.6 Å². The fourth-order valence-corrected chi connectivity index (χ4v) is 2.32. The minimum absolute atomic E-state index is 0.469. The summed E-state index contributed by atoms with van der Waals surface area (Å²) >= 11 is 5.97. The Balaban J connectivity index is 2.10. The third kappa shape index (κ3) is 5.86. The monoisotopic (exact) mass is 346 g/mol. The molecule has 0 saturated heterocycles. The summed E-state index contributed by atoms with van der Waals surface area (Å²) in [7, 11) is 5.84. The van der Waals surface area contributed by atoms with Gasteiger partial charge in [0.15, 0.2) is 5.82 Å². The number of hydrogen-bond acceptors (Lipinski definition) is 6. The molecular weight excluding hydrogens is 324 g/mol. The van der Waals surface area contributed by atoms with Gasteiger partial charge in [0.2, 0.25) is 0 Å². The largest absolute Gasteiger partial charge is 0.363 e. The molecule has 0 bridgehead atoms. The quantitative estimate of drug-likeness (QED) is 0.585. The number of aromatic nitrogens is 2. The number of aryl methyl sites for hydroxylation is 1. The first-order valence-corrected chi connectivity index (χ1v) is 8.28. The maximum Gasteiger partial charge on any atom is 0.179 e. The van der Waals surface area contributed by atoms with E-state index in [0.29, 0.717) is 17.4 Å². The molecule has 0 atom stereocenters. The van der Waals surface area contributed by atoms with Crippen LogP contribution in [0.25, 0.3) is 0 Å². The fraction of sp³-hybridized carbons (Fsp3) is 0.412. The lowest BCUT2D eigenvalue weighted by Gasteiger charge is -2.12. The number of rotatable bonds is 8. The maximum atomic E-state index is 5.97. The SMILES string of the molecule is CNCCCc1nc(N=NCc2cccc(Cl)c2)cc(N(C)C)n1. The van der Waals surface area contributed by atoms with E-state index in [1.807, 2.05) is 56.4 Å². The van der Waals surface area contributed by atoms with Gasteiger partial charge in [-0.2, -0.15) is 5.11 Å². The van der Waals surface area contributed by atoms with Crippen LogP contribution in [0.3, 0.4) is 0 Å². The Kier molecular flexibility index (Phi) is 7.08. The van der Waals surface area contributed by atoms with E-state index < -0.39 is 0 Å². The van der Waals surface area contributed by atoms with E-state index in [1.54, 1.807) is 0 Å². The summed E-state index contributed by atoms with van der Waals surface area (Å²) in [4.78, 5) is 11.0. The smallest absolute Gasteiger partial charge is 0.179 e. The van der Waals surface area contributed by atoms with E-state index in [4.69, 9.17) is 11.6 Å². The van der Waals surface area contributed by atoms with Crippen LogP contribution in [0.4, 0.5) is 11.6 Å². The molecular formula is C17H23ClN6. The predicted octanol–water partition coefficient (Wildman–Crippen LogP) is 3.63. The van der Waals surface area contributed by atoms with Crippen molar-refractivity contribution in [2.75, 3.05) is 32.6 Å². The normalized spacial score (nSPS) is 11.2. The Labute approximate surface area is 148 Å². The number of nitrogens with one attached hydrogen (secondary N) is 1. The van der Waals surface area contributed by atoms with Crippen molar-refractivity contribution in [2.24, 2.45) is 10.2 Å². The highest BCUT2D eigenvalue weighted by atomic mass is 35.5. The van der Waals surface area contributed by atoms with E-state index in [2.05, 4.69) is 25.5 Å². The average Bonchev–Trinajstić information content (AvgIpc) is 2.55. The van der Waals surface area contributed by atoms with Crippen molar-refractivity contribution in [3.8, 4) is 0 Å². The average molecular weight is 347 g/mol. The molecule has 0 saturated carbocycles. The molecule has 0 unspecified atom stereocenters. The van der Waals surface area contributed by atoms with Crippen LogP contribution in [0, 0.1) is 0 Å². The van der Waals surface area contributed by atoms with Gasteiger partial charge in [0, 0.05) is 31.6 Å². The molecule has 6 nitrogen and oxygen atoms in total. The fourth-order valence-electron chi connectivity index (χ4n) is 2.11. The van der Waals surface area contributed by atoms with Crippen molar-refractivity contribution in [3.05, 3.63) is 46.7 Å². The van der Waals surface area contributed by atoms with Crippen LogP contribution >= 0.6 is 11.6 Å². The molecule has 0 aliphatic heterocycles. The number of halogens is 1. The second-order valence-electron chi connectivity index (χ2n) is 5.63. The van der Waals surface area contributed by atoms with Gasteiger partial charge < -0.3 is 10.2 Å². The highest BCUT2D eigenvalue weighted by Crippen LogP contribution is 2.18. The molecule has 24 heavy (non-hydrogen) atoms. The minimum Gasteiger partial charge on any atom is -0.363 e. The zero-order valence-electron chi connectivity index (χ0n) is 14.3. The predicted molar refractivity (Wildman–Crippen MR) is 98.3 cm³/mol. The van der Waals surface area contributed by atoms with E-state index in [0.717, 1.165) is 36.6 Å². The zero-order chi connectivity index (χ0) is 17.4. The molecule has 7 heteroatoms. The first-order chi connectivity index (χ1) is 11.6. The van der Waals surface area contributed by atoms with Crippen LogP contribution in [-0.4, -0.2) is 37.7 Å². The topological polar surface area (TPSA) is 65.8 Å². The molecule has 0 aliphatic carbocycles. The van der Waals surface area contributed by atoms with E-state index in [9.17, 15) is 0 Å². The van der Waals surface area contributed by atoms with Crippen molar-refractivity contribution in [3.63, 3.8) is 0 Å². The van der Waals surface area contributed by atoms with Gasteiger partial charge in [-0.1, -0.05) is 23.7 Å². The molecule has 0 fully saturated rings. The van der Waals surface area contributed by atoms with Gasteiger partial charge in [-0.25, -0.2) is 9.97 Å². The van der Waals surface area contributed by atoms with Gasteiger partial charge in [-0.15, -0.1) is 5.11 Å². The maximum absolute atomic E-state index is 5.97. The van der Waals surface area contributed by atoms with Crippen molar-refractivity contribution < 1.29 is 0 Å². The Morgan fingerprint density at radius 2 is 2.04 bits per heavy atom. The number of azo groups is 1. The molecule has 0 amide bonds. The van der Waals surface area contributed by atoms with Crippen molar-refractivity contribution >= 4 is 23.2 Å². The van der Waals surface area contributed by atoms with Crippen LogP contribution in [-0.2, 0) is 13.0 Å². The molecule has 2 aromatic rings. The number of hydrogen-bond donors (Lipinski definition) is 1. The molecule has 1 aromatic heterocycles. The minimum atomic E-state index is 0.469. The van der Waals surface area contributed by atoms with Gasteiger partial charge in [0.1, 0.15) is 11.6 Å². The summed E-state index contributed by atoms with van der Waals surface area (Å²) < 4.78 is 0. The number of nitrogens with zero attached hydrogens (tertiary/aromatic N) is 5. The Bertz CT molecular complexity index is 687. The third-order valence-corrected chi connectivity index (χ3v) is 3.58. The van der Waals surface area contributed by atoms with Gasteiger partial charge in [0.05, 0.1) is 6.54 Å². The summed E-state index contributed by atoms with van der Waals surface area (Å²) in [5.74, 6) is 2.20. The van der Waals surface area contributed by atoms with Gasteiger partial charge in [-0.05, 0) is 37.7 Å². The lowest BCUT2D eigenvalue weighted by molar-refractivity contribution is 0.701. The van der Waals surface area contributed by atoms with Crippen LogP contribution in [0.2, 0.25) is 5.02 Å². The zero-order valence-corrected chi connectivity index (χ0v) is 15.1. The van der Waals surface area contributed by atoms with Crippen LogP contribution in [0.5, 0.6) is 0 Å². The molecule has 0 radical (unpaired) electrons. The summed E-state index contributed by atoms with van der Waals surface area (Å²) in [6.45, 7) is 1.40. The van der Waals surface area contributed by atoms with E-state index >= 15 is 0 Å². The molecule has 0 aliphatic rings. The second-order valence-corrected chi connectivity index (χ2v) is 6.07. The first kappa shape index (κ1) is 18.3. The van der Waals surface area contributed by atoms with E-state index in [1.165, 1.54) is 0 Å². The van der Waals surface area contributed by atoms with Crippen molar-refractivity contribution in [2.45, 2.75) is 19.4 Å². The number of benzene rings is 1. The Morgan fingerprint density at radius 3 is 2.75 bits per heavy atom. The van der Waals surface area contributed by atoms with Crippen LogP contribution < -0.4 is 10.2 Å². The van der Waals surface area contributed by atoms with Crippen LogP contribution in [0.1, 0.15) is 17.8 Å². The number of anilines is 1. The summed E-state index contributed by atoms with van der Waals surface area (Å²) in [5, 5.41) is 12.3. The standard InChI is InChI=1S/C17H23ClN6/c1-19-9-5-8-15-21-16(11-17(22-15)24(2)3)23-20-12-13-6-4-7-14(18)10-13/h4,6-7,10-11,19H,5,8-9,12H2,1-3H3. The molecule has 128 valence electrons. The van der Waals surface area contributed by atoms with Gasteiger partial charge in [-0.3, -0.25) is 0 Å². The summed E-state index contributed by atoms with van der Waals surface area (Å²) in [6.07, 6.45) is 1.78. The second kappa shape index (κ2) is 9.30. The molecule has 1 heterocycles. The molecule has 1 aromatic carbocycles. The third-order valence-electron chi connectivity index (χ3n) is 3.35. The Hall–Kier alpha value is -2.05. The van der Waals surface area contributed by atoms with Crippen molar-refractivity contribution in [1.29, 1.82) is 0 Å². The lowest BCUT2D eigenvalue weighted by Crippen LogP contribution is -2.13. The lowest BCUT2D eigenvalue weighted by atomic mass is 10.2.